The van der Waals surface area contributed by atoms with Crippen molar-refractivity contribution in [1.29, 1.82) is 0 Å². The van der Waals surface area contributed by atoms with Gasteiger partial charge in [-0.2, -0.15) is 8.42 Å². The van der Waals surface area contributed by atoms with Gasteiger partial charge in [-0.3, -0.25) is 4.18 Å². The minimum atomic E-state index is -3.38. The highest BCUT2D eigenvalue weighted by atomic mass is 32.2. The number of ether oxygens (including phenoxy) is 2. The standard InChI is InChI=1S/C6H12O5S/c1-9-6(3-10-4-6)5-11-12(2,7)8/h3-5H2,1-2H3. The van der Waals surface area contributed by atoms with E-state index in [-0.39, 0.29) is 6.61 Å². The summed E-state index contributed by atoms with van der Waals surface area (Å²) in [4.78, 5) is 0. The molecule has 6 heteroatoms. The van der Waals surface area contributed by atoms with Gasteiger partial charge in [0.05, 0.1) is 26.1 Å². The SMILES string of the molecule is COC1(COS(C)(=O)=O)COC1. The summed E-state index contributed by atoms with van der Waals surface area (Å²) in [6.45, 7) is 0.806. The van der Waals surface area contributed by atoms with Crippen LogP contribution in [0.1, 0.15) is 0 Å². The first-order valence-electron chi connectivity index (χ1n) is 3.45. The first kappa shape index (κ1) is 9.91. The molecule has 0 radical (unpaired) electrons. The smallest absolute Gasteiger partial charge is 0.264 e. The monoisotopic (exact) mass is 196 g/mol. The molecule has 0 atom stereocenters. The average Bonchev–Trinajstić information content (AvgIpc) is 1.84. The molecule has 12 heavy (non-hydrogen) atoms. The summed E-state index contributed by atoms with van der Waals surface area (Å²) in [6.07, 6.45) is 1.01. The van der Waals surface area contributed by atoms with E-state index in [4.69, 9.17) is 9.47 Å². The van der Waals surface area contributed by atoms with Gasteiger partial charge in [0.1, 0.15) is 5.60 Å². The second kappa shape index (κ2) is 3.29. The van der Waals surface area contributed by atoms with E-state index in [0.29, 0.717) is 13.2 Å². The lowest BCUT2D eigenvalue weighted by molar-refractivity contribution is -0.208. The van der Waals surface area contributed by atoms with Crippen molar-refractivity contribution in [2.45, 2.75) is 5.60 Å². The second-order valence-electron chi connectivity index (χ2n) is 2.85. The van der Waals surface area contributed by atoms with E-state index < -0.39 is 15.7 Å². The second-order valence-corrected chi connectivity index (χ2v) is 4.49. The predicted octanol–water partition coefficient (Wildman–Crippen LogP) is -0.622. The van der Waals surface area contributed by atoms with Crippen molar-refractivity contribution in [3.63, 3.8) is 0 Å². The maximum atomic E-state index is 10.6. The maximum Gasteiger partial charge on any atom is 0.264 e. The first-order valence-corrected chi connectivity index (χ1v) is 5.26. The van der Waals surface area contributed by atoms with E-state index in [1.807, 2.05) is 0 Å². The molecular formula is C6H12O5S. The van der Waals surface area contributed by atoms with Gasteiger partial charge in [-0.1, -0.05) is 0 Å². The van der Waals surface area contributed by atoms with Crippen LogP contribution in [0.15, 0.2) is 0 Å². The Balaban J connectivity index is 2.40. The Morgan fingerprint density at radius 3 is 2.33 bits per heavy atom. The van der Waals surface area contributed by atoms with Gasteiger partial charge >= 0.3 is 0 Å². The maximum absolute atomic E-state index is 10.6. The molecule has 0 spiro atoms. The van der Waals surface area contributed by atoms with Crippen LogP contribution < -0.4 is 0 Å². The number of hydrogen-bond acceptors (Lipinski definition) is 5. The molecule has 0 aromatic heterocycles. The molecule has 0 N–H and O–H groups in total. The molecule has 0 aromatic rings. The van der Waals surface area contributed by atoms with Gasteiger partial charge in [-0.15, -0.1) is 0 Å². The summed E-state index contributed by atoms with van der Waals surface area (Å²) in [6, 6.07) is 0. The molecule has 0 unspecified atom stereocenters. The zero-order valence-corrected chi connectivity index (χ0v) is 7.89. The molecule has 1 rings (SSSR count). The van der Waals surface area contributed by atoms with Gasteiger partial charge in [0.2, 0.25) is 0 Å². The zero-order valence-electron chi connectivity index (χ0n) is 7.07. The molecule has 0 aliphatic carbocycles. The molecule has 1 heterocycles. The van der Waals surface area contributed by atoms with Crippen LogP contribution in [-0.4, -0.2) is 47.2 Å². The van der Waals surface area contributed by atoms with E-state index in [0.717, 1.165) is 6.26 Å². The third kappa shape index (κ3) is 2.41. The van der Waals surface area contributed by atoms with Crippen molar-refractivity contribution in [1.82, 2.24) is 0 Å². The van der Waals surface area contributed by atoms with Gasteiger partial charge in [0.15, 0.2) is 0 Å². The van der Waals surface area contributed by atoms with E-state index in [9.17, 15) is 8.42 Å². The van der Waals surface area contributed by atoms with Crippen LogP contribution in [0, 0.1) is 0 Å². The van der Waals surface area contributed by atoms with E-state index in [1.54, 1.807) is 0 Å². The quantitative estimate of drug-likeness (QED) is 0.561. The minimum absolute atomic E-state index is 0.0301. The lowest BCUT2D eigenvalue weighted by atomic mass is 10.0. The highest BCUT2D eigenvalue weighted by Crippen LogP contribution is 2.21. The van der Waals surface area contributed by atoms with Crippen molar-refractivity contribution in [3.8, 4) is 0 Å². The van der Waals surface area contributed by atoms with Gasteiger partial charge in [0, 0.05) is 7.11 Å². The fourth-order valence-corrected chi connectivity index (χ4v) is 1.23. The molecule has 72 valence electrons. The topological polar surface area (TPSA) is 61.8 Å². The Bertz CT molecular complexity index is 235. The largest absolute Gasteiger partial charge is 0.375 e. The molecular weight excluding hydrogens is 184 g/mol. The molecule has 1 aliphatic rings. The normalized spacial score (nSPS) is 21.8. The summed E-state index contributed by atoms with van der Waals surface area (Å²) < 4.78 is 35.8. The third-order valence-corrected chi connectivity index (χ3v) is 2.25. The molecule has 0 bridgehead atoms. The fraction of sp³-hybridized carbons (Fsp3) is 1.00. The molecule has 1 aliphatic heterocycles. The fourth-order valence-electron chi connectivity index (χ4n) is 0.804. The first-order chi connectivity index (χ1) is 5.47. The minimum Gasteiger partial charge on any atom is -0.375 e. The molecule has 0 aromatic carbocycles. The highest BCUT2D eigenvalue weighted by Gasteiger charge is 2.40. The van der Waals surface area contributed by atoms with Crippen LogP contribution >= 0.6 is 0 Å². The van der Waals surface area contributed by atoms with Gasteiger partial charge in [-0.25, -0.2) is 0 Å². The van der Waals surface area contributed by atoms with Crippen LogP contribution in [0.2, 0.25) is 0 Å². The van der Waals surface area contributed by atoms with Crippen LogP contribution in [-0.2, 0) is 23.8 Å². The Labute approximate surface area is 71.7 Å². The summed E-state index contributed by atoms with van der Waals surface area (Å²) in [5, 5.41) is 0. The average molecular weight is 196 g/mol. The van der Waals surface area contributed by atoms with Crippen molar-refractivity contribution in [2.24, 2.45) is 0 Å². The predicted molar refractivity (Wildman–Crippen MR) is 41.4 cm³/mol. The van der Waals surface area contributed by atoms with Crippen LogP contribution in [0.4, 0.5) is 0 Å². The Morgan fingerprint density at radius 2 is 2.08 bits per heavy atom. The van der Waals surface area contributed by atoms with Gasteiger partial charge in [0.25, 0.3) is 10.1 Å². The number of hydrogen-bond donors (Lipinski definition) is 0. The Morgan fingerprint density at radius 1 is 1.50 bits per heavy atom. The van der Waals surface area contributed by atoms with Crippen LogP contribution in [0.3, 0.4) is 0 Å². The van der Waals surface area contributed by atoms with Crippen molar-refractivity contribution < 1.29 is 22.1 Å². The summed E-state index contributed by atoms with van der Waals surface area (Å²) >= 11 is 0. The third-order valence-electron chi connectivity index (χ3n) is 1.70. The molecule has 1 saturated heterocycles. The van der Waals surface area contributed by atoms with E-state index in [1.165, 1.54) is 7.11 Å². The summed E-state index contributed by atoms with van der Waals surface area (Å²) in [5.41, 5.74) is -0.552. The lowest BCUT2D eigenvalue weighted by Gasteiger charge is -2.38. The van der Waals surface area contributed by atoms with Gasteiger partial charge in [-0.05, 0) is 0 Å². The number of methoxy groups -OCH3 is 1. The lowest BCUT2D eigenvalue weighted by Crippen LogP contribution is -2.55. The van der Waals surface area contributed by atoms with Crippen LogP contribution in [0.5, 0.6) is 0 Å². The van der Waals surface area contributed by atoms with E-state index >= 15 is 0 Å². The molecule has 5 nitrogen and oxygen atoms in total. The Hall–Kier alpha value is -0.170. The molecule has 1 fully saturated rings. The summed E-state index contributed by atoms with van der Waals surface area (Å²) in [5.74, 6) is 0. The van der Waals surface area contributed by atoms with Crippen molar-refractivity contribution >= 4 is 10.1 Å². The van der Waals surface area contributed by atoms with Crippen molar-refractivity contribution in [3.05, 3.63) is 0 Å². The molecule has 0 saturated carbocycles. The van der Waals surface area contributed by atoms with Crippen molar-refractivity contribution in [2.75, 3.05) is 33.2 Å². The Kier molecular flexibility index (Phi) is 2.72. The van der Waals surface area contributed by atoms with Crippen LogP contribution in [0.25, 0.3) is 0 Å². The zero-order chi connectivity index (χ0) is 9.24. The molecule has 0 amide bonds. The number of rotatable bonds is 4. The van der Waals surface area contributed by atoms with Gasteiger partial charge < -0.3 is 9.47 Å². The highest BCUT2D eigenvalue weighted by molar-refractivity contribution is 7.85. The summed E-state index contributed by atoms with van der Waals surface area (Å²) in [7, 11) is -1.87. The van der Waals surface area contributed by atoms with E-state index in [2.05, 4.69) is 4.18 Å².